The van der Waals surface area contributed by atoms with Crippen molar-refractivity contribution in [1.29, 1.82) is 0 Å². The summed E-state index contributed by atoms with van der Waals surface area (Å²) in [6, 6.07) is 45.4. The molecular weight excluding hydrogens is 1230 g/mol. The molecule has 0 saturated heterocycles. The van der Waals surface area contributed by atoms with Crippen LogP contribution >= 0.6 is 0 Å². The minimum Gasteiger partial charge on any atom is -0.494 e. The third kappa shape index (κ3) is 21.3. The van der Waals surface area contributed by atoms with E-state index in [1.54, 1.807) is 29.2 Å². The SMILES string of the molecule is CCCCCCCCC1(CCCCCCCC)c2cc(C)ccc2-c2ccc(-c3ccc(OCC)cc3)cc21.CCCCCCCCC1(CCCCCCCC)c2cc(C)ccc2-c2ccc(C)cc21.Cc1ccc(OCC(O)CC(C)O)cc1.[Ir]. The summed E-state index contributed by atoms with van der Waals surface area (Å²) in [6.45, 7) is 22.7. The third-order valence-corrected chi connectivity index (χ3v) is 18.6. The molecule has 473 valence electrons. The molecule has 0 aromatic heterocycles. The van der Waals surface area contributed by atoms with Gasteiger partial charge in [0.2, 0.25) is 0 Å². The molecular formula is C81H116IrO4. The molecule has 8 rings (SSSR count). The number of rotatable bonds is 36. The van der Waals surface area contributed by atoms with Gasteiger partial charge in [-0.05, 0) is 153 Å². The summed E-state index contributed by atoms with van der Waals surface area (Å²) in [6.07, 6.45) is 37.2. The number of fused-ring (bicyclic) bond motifs is 6. The van der Waals surface area contributed by atoms with Crippen LogP contribution in [0.3, 0.4) is 0 Å². The van der Waals surface area contributed by atoms with Crippen LogP contribution in [0.2, 0.25) is 0 Å². The van der Waals surface area contributed by atoms with E-state index in [1.807, 2.05) is 38.1 Å². The number of aryl methyl sites for hydroxylation is 4. The van der Waals surface area contributed by atoms with Crippen molar-refractivity contribution in [2.75, 3.05) is 13.2 Å². The number of hydrogen-bond acceptors (Lipinski definition) is 4. The Kier molecular flexibility index (Phi) is 32.6. The Morgan fingerprint density at radius 2 is 0.651 bits per heavy atom. The average molecular weight is 1350 g/mol. The summed E-state index contributed by atoms with van der Waals surface area (Å²) in [7, 11) is 0. The van der Waals surface area contributed by atoms with Gasteiger partial charge in [0.05, 0.1) is 18.8 Å². The number of unbranched alkanes of at least 4 members (excludes halogenated alkanes) is 20. The van der Waals surface area contributed by atoms with Crippen molar-refractivity contribution in [3.8, 4) is 44.9 Å². The Bertz CT molecular complexity index is 2740. The largest absolute Gasteiger partial charge is 0.494 e. The molecule has 86 heavy (non-hydrogen) atoms. The van der Waals surface area contributed by atoms with Crippen molar-refractivity contribution >= 4 is 0 Å². The Balaban J connectivity index is 0.000000256. The molecule has 2 aliphatic rings. The van der Waals surface area contributed by atoms with Gasteiger partial charge in [-0.15, -0.1) is 0 Å². The standard InChI is InChI=1S/C38H52O.C31H46.C12H18O3.Ir/c1-5-8-10-12-14-16-26-38(27-17-15-13-11-9-6-2)36-28-30(4)18-24-34(36)35-25-21-32(29-37(35)38)31-19-22-33(23-20-31)39-7-3;1-5-7-9-11-13-15-21-31(22-16-14-12-10-8-6-2)29-23-25(3)17-19-27(29)28-20-18-26(4)24-30(28)31;1-9-3-5-12(6-4-9)15-8-11(14)7-10(2)13;/h18-25,28-29H,5-17,26-27H2,1-4H3;17-20,23-24H,5-16,21-22H2,1-4H3;3-6,10-11,13-14H,7-8H2,1-2H3;. The van der Waals surface area contributed by atoms with Gasteiger partial charge in [-0.3, -0.25) is 0 Å². The Hall–Kier alpha value is -4.51. The van der Waals surface area contributed by atoms with E-state index in [-0.39, 0.29) is 37.5 Å². The Morgan fingerprint density at radius 3 is 1.01 bits per heavy atom. The van der Waals surface area contributed by atoms with E-state index in [4.69, 9.17) is 14.6 Å². The van der Waals surface area contributed by atoms with Gasteiger partial charge in [0, 0.05) is 37.4 Å². The molecule has 2 N–H and O–H groups in total. The van der Waals surface area contributed by atoms with Crippen molar-refractivity contribution < 1.29 is 39.8 Å². The summed E-state index contributed by atoms with van der Waals surface area (Å²) < 4.78 is 11.1. The molecule has 6 aromatic carbocycles. The van der Waals surface area contributed by atoms with Crippen molar-refractivity contribution in [3.63, 3.8) is 0 Å². The second kappa shape index (κ2) is 38.8. The van der Waals surface area contributed by atoms with E-state index < -0.39 is 12.2 Å². The van der Waals surface area contributed by atoms with Crippen LogP contribution in [0.15, 0.2) is 121 Å². The van der Waals surface area contributed by atoms with Gasteiger partial charge >= 0.3 is 0 Å². The predicted octanol–water partition coefficient (Wildman–Crippen LogP) is 23.4. The number of ether oxygens (including phenoxy) is 2. The number of aliphatic hydroxyl groups is 2. The van der Waals surface area contributed by atoms with Crippen LogP contribution in [0, 0.1) is 27.7 Å². The van der Waals surface area contributed by atoms with Crippen LogP contribution in [0.25, 0.3) is 33.4 Å². The second-order valence-corrected chi connectivity index (χ2v) is 26.0. The van der Waals surface area contributed by atoms with E-state index in [9.17, 15) is 5.11 Å². The first-order chi connectivity index (χ1) is 41.3. The molecule has 0 spiro atoms. The van der Waals surface area contributed by atoms with Gasteiger partial charge in [0.15, 0.2) is 0 Å². The molecule has 0 bridgehead atoms. The van der Waals surface area contributed by atoms with Crippen molar-refractivity contribution in [3.05, 3.63) is 166 Å². The maximum absolute atomic E-state index is 9.45. The molecule has 0 saturated carbocycles. The van der Waals surface area contributed by atoms with Gasteiger partial charge < -0.3 is 19.7 Å². The smallest absolute Gasteiger partial charge is 0.119 e. The first-order valence-electron chi connectivity index (χ1n) is 34.6. The zero-order chi connectivity index (χ0) is 60.9. The van der Waals surface area contributed by atoms with Crippen molar-refractivity contribution in [1.82, 2.24) is 0 Å². The molecule has 5 heteroatoms. The second-order valence-electron chi connectivity index (χ2n) is 26.0. The number of benzene rings is 6. The molecule has 0 amide bonds. The van der Waals surface area contributed by atoms with Gasteiger partial charge in [-0.2, -0.15) is 0 Å². The molecule has 0 heterocycles. The Labute approximate surface area is 538 Å². The van der Waals surface area contributed by atoms with Gasteiger partial charge in [0.1, 0.15) is 18.1 Å². The minimum atomic E-state index is -0.619. The van der Waals surface area contributed by atoms with Gasteiger partial charge in [-0.1, -0.05) is 295 Å². The van der Waals surface area contributed by atoms with Crippen LogP contribution in [-0.4, -0.2) is 35.6 Å². The molecule has 2 atom stereocenters. The predicted molar refractivity (Wildman–Crippen MR) is 367 cm³/mol. The molecule has 2 aliphatic carbocycles. The maximum Gasteiger partial charge on any atom is 0.119 e. The van der Waals surface area contributed by atoms with E-state index in [2.05, 4.69) is 146 Å². The van der Waals surface area contributed by atoms with E-state index >= 15 is 0 Å². The summed E-state index contributed by atoms with van der Waals surface area (Å²) in [5.41, 5.74) is 20.8. The fourth-order valence-electron chi connectivity index (χ4n) is 13.9. The summed E-state index contributed by atoms with van der Waals surface area (Å²) in [5.74, 6) is 1.69. The van der Waals surface area contributed by atoms with Crippen molar-refractivity contribution in [2.45, 2.75) is 278 Å². The summed E-state index contributed by atoms with van der Waals surface area (Å²) in [4.78, 5) is 0. The Morgan fingerprint density at radius 1 is 0.349 bits per heavy atom. The third-order valence-electron chi connectivity index (χ3n) is 18.6. The molecule has 0 fully saturated rings. The zero-order valence-electron chi connectivity index (χ0n) is 55.7. The van der Waals surface area contributed by atoms with E-state index in [0.717, 1.165) is 11.5 Å². The summed E-state index contributed by atoms with van der Waals surface area (Å²) in [5, 5.41) is 18.5. The minimum absolute atomic E-state index is 0. The molecule has 2 unspecified atom stereocenters. The van der Waals surface area contributed by atoms with E-state index in [1.165, 1.54) is 235 Å². The van der Waals surface area contributed by atoms with Crippen LogP contribution in [0.4, 0.5) is 0 Å². The normalized spacial score (nSPS) is 13.6. The van der Waals surface area contributed by atoms with Crippen LogP contribution in [-0.2, 0) is 30.9 Å². The maximum atomic E-state index is 9.45. The van der Waals surface area contributed by atoms with Crippen molar-refractivity contribution in [2.24, 2.45) is 0 Å². The van der Waals surface area contributed by atoms with Crippen LogP contribution in [0.5, 0.6) is 11.5 Å². The molecule has 4 nitrogen and oxygen atoms in total. The topological polar surface area (TPSA) is 58.9 Å². The average Bonchev–Trinajstić information content (AvgIpc) is 1.71. The number of aliphatic hydroxyl groups excluding tert-OH is 2. The van der Waals surface area contributed by atoms with Crippen LogP contribution in [0.1, 0.15) is 272 Å². The molecule has 0 aliphatic heterocycles. The quantitative estimate of drug-likeness (QED) is 0.0385. The van der Waals surface area contributed by atoms with Crippen LogP contribution < -0.4 is 9.47 Å². The van der Waals surface area contributed by atoms with E-state index in [0.29, 0.717) is 13.0 Å². The van der Waals surface area contributed by atoms with Gasteiger partial charge in [0.25, 0.3) is 0 Å². The fraction of sp³-hybridized carbons (Fsp3) is 0.556. The summed E-state index contributed by atoms with van der Waals surface area (Å²) >= 11 is 0. The first-order valence-corrected chi connectivity index (χ1v) is 34.6. The number of hydrogen-bond donors (Lipinski definition) is 2. The molecule has 1 radical (unpaired) electrons. The molecule has 6 aromatic rings. The van der Waals surface area contributed by atoms with Gasteiger partial charge in [-0.25, -0.2) is 0 Å². The monoisotopic (exact) mass is 1350 g/mol. The zero-order valence-corrected chi connectivity index (χ0v) is 58.1. The fourth-order valence-corrected chi connectivity index (χ4v) is 13.9. The first kappa shape index (κ1) is 72.2.